The summed E-state index contributed by atoms with van der Waals surface area (Å²) < 4.78 is 4.93. The molecule has 0 aliphatic rings. The molecule has 114 valence electrons. The van der Waals surface area contributed by atoms with Crippen molar-refractivity contribution < 1.29 is 9.53 Å². The van der Waals surface area contributed by atoms with E-state index in [4.69, 9.17) is 4.74 Å². The van der Waals surface area contributed by atoms with Gasteiger partial charge in [-0.2, -0.15) is 0 Å². The van der Waals surface area contributed by atoms with E-state index in [1.54, 1.807) is 0 Å². The number of carbonyl (C=O) groups is 1. The van der Waals surface area contributed by atoms with Gasteiger partial charge in [-0.15, -0.1) is 0 Å². The fourth-order valence-corrected chi connectivity index (χ4v) is 2.25. The van der Waals surface area contributed by atoms with Crippen LogP contribution >= 0.6 is 0 Å². The van der Waals surface area contributed by atoms with Crippen molar-refractivity contribution in [1.29, 1.82) is 0 Å². The van der Waals surface area contributed by atoms with E-state index in [1.165, 1.54) is 11.1 Å². The molecule has 0 bridgehead atoms. The van der Waals surface area contributed by atoms with E-state index in [9.17, 15) is 4.79 Å². The number of ether oxygens (including phenoxy) is 1. The third kappa shape index (κ3) is 4.04. The van der Waals surface area contributed by atoms with E-state index >= 15 is 0 Å². The van der Waals surface area contributed by atoms with Crippen LogP contribution in [0.2, 0.25) is 0 Å². The van der Waals surface area contributed by atoms with Gasteiger partial charge in [0.15, 0.2) is 0 Å². The van der Waals surface area contributed by atoms with Gasteiger partial charge in [-0.1, -0.05) is 0 Å². The second-order valence-corrected chi connectivity index (χ2v) is 5.43. The Bertz CT molecular complexity index is 595. The second-order valence-electron chi connectivity index (χ2n) is 5.43. The van der Waals surface area contributed by atoms with Gasteiger partial charge in [0.1, 0.15) is 5.82 Å². The van der Waals surface area contributed by atoms with Gasteiger partial charge in [-0.05, 0) is 51.1 Å². The van der Waals surface area contributed by atoms with Crippen molar-refractivity contribution in [1.82, 2.24) is 14.9 Å². The van der Waals surface area contributed by atoms with Gasteiger partial charge in [0, 0.05) is 6.54 Å². The summed E-state index contributed by atoms with van der Waals surface area (Å²) in [6, 6.07) is 4.23. The Morgan fingerprint density at radius 1 is 1.33 bits per heavy atom. The fourth-order valence-electron chi connectivity index (χ4n) is 2.25. The van der Waals surface area contributed by atoms with Crippen LogP contribution < -0.4 is 0 Å². The lowest BCUT2D eigenvalue weighted by Crippen LogP contribution is -2.22. The molecule has 0 aliphatic heterocycles. The average Bonchev–Trinajstić information content (AvgIpc) is 2.78. The Balaban J connectivity index is 1.98. The van der Waals surface area contributed by atoms with Crippen molar-refractivity contribution in [3.63, 3.8) is 0 Å². The molecule has 0 unspecified atom stereocenters. The number of imidazole rings is 1. The third-order valence-corrected chi connectivity index (χ3v) is 3.57. The molecule has 1 heterocycles. The van der Waals surface area contributed by atoms with Crippen molar-refractivity contribution in [3.05, 3.63) is 29.1 Å². The molecule has 0 saturated heterocycles. The Kier molecular flexibility index (Phi) is 4.96. The van der Waals surface area contributed by atoms with E-state index in [-0.39, 0.29) is 5.97 Å². The number of carbonyl (C=O) groups excluding carboxylic acids is 1. The molecule has 0 saturated carbocycles. The molecule has 0 aliphatic carbocycles. The molecule has 0 amide bonds. The molecule has 21 heavy (non-hydrogen) atoms. The van der Waals surface area contributed by atoms with E-state index in [0.29, 0.717) is 26.1 Å². The number of aromatic amines is 1. The molecule has 5 heteroatoms. The van der Waals surface area contributed by atoms with E-state index < -0.39 is 0 Å². The number of nitrogens with zero attached hydrogens (tertiary/aromatic N) is 2. The van der Waals surface area contributed by atoms with Gasteiger partial charge < -0.3 is 9.72 Å². The number of rotatable bonds is 6. The first-order chi connectivity index (χ1) is 9.99. The minimum Gasteiger partial charge on any atom is -0.466 e. The molecule has 1 aromatic heterocycles. The molecular formula is C16H23N3O2. The number of hydrogen-bond acceptors (Lipinski definition) is 4. The summed E-state index contributed by atoms with van der Waals surface area (Å²) >= 11 is 0. The number of benzene rings is 1. The average molecular weight is 289 g/mol. The maximum Gasteiger partial charge on any atom is 0.307 e. The Morgan fingerprint density at radius 3 is 2.76 bits per heavy atom. The molecule has 0 spiro atoms. The summed E-state index contributed by atoms with van der Waals surface area (Å²) in [4.78, 5) is 21.4. The number of H-pyrrole nitrogens is 1. The topological polar surface area (TPSA) is 58.2 Å². The van der Waals surface area contributed by atoms with Crippen LogP contribution in [0.1, 0.15) is 30.3 Å². The number of aromatic nitrogens is 2. The van der Waals surface area contributed by atoms with Crippen LogP contribution in [0.3, 0.4) is 0 Å². The third-order valence-electron chi connectivity index (χ3n) is 3.57. The number of aryl methyl sites for hydroxylation is 2. The molecule has 2 aromatic rings. The minimum atomic E-state index is -0.153. The first-order valence-electron chi connectivity index (χ1n) is 7.29. The zero-order chi connectivity index (χ0) is 15.4. The van der Waals surface area contributed by atoms with Crippen LogP contribution in [0, 0.1) is 13.8 Å². The van der Waals surface area contributed by atoms with E-state index in [0.717, 1.165) is 16.9 Å². The molecule has 1 N–H and O–H groups in total. The molecule has 1 aromatic carbocycles. The van der Waals surface area contributed by atoms with Gasteiger partial charge in [-0.3, -0.25) is 9.69 Å². The minimum absolute atomic E-state index is 0.153. The summed E-state index contributed by atoms with van der Waals surface area (Å²) in [5.41, 5.74) is 4.56. The van der Waals surface area contributed by atoms with Crippen LogP contribution in [-0.4, -0.2) is 41.0 Å². The monoisotopic (exact) mass is 289 g/mol. The maximum absolute atomic E-state index is 11.3. The molecule has 5 nitrogen and oxygen atoms in total. The molecular weight excluding hydrogens is 266 g/mol. The predicted octanol–water partition coefficient (Wildman–Crippen LogP) is 2.56. The van der Waals surface area contributed by atoms with Crippen molar-refractivity contribution in [2.75, 3.05) is 20.2 Å². The number of esters is 1. The summed E-state index contributed by atoms with van der Waals surface area (Å²) in [5, 5.41) is 0. The molecule has 2 rings (SSSR count). The van der Waals surface area contributed by atoms with Crippen LogP contribution in [0.5, 0.6) is 0 Å². The number of fused-ring (bicyclic) bond motifs is 1. The van der Waals surface area contributed by atoms with Crippen LogP contribution in [0.25, 0.3) is 11.0 Å². The van der Waals surface area contributed by atoms with Gasteiger partial charge in [-0.25, -0.2) is 4.98 Å². The molecule has 0 fully saturated rings. The van der Waals surface area contributed by atoms with Crippen molar-refractivity contribution in [3.8, 4) is 0 Å². The predicted molar refractivity (Wildman–Crippen MR) is 83.2 cm³/mol. The zero-order valence-electron chi connectivity index (χ0n) is 13.2. The first-order valence-corrected chi connectivity index (χ1v) is 7.29. The highest BCUT2D eigenvalue weighted by Crippen LogP contribution is 2.17. The Morgan fingerprint density at radius 2 is 2.05 bits per heavy atom. The normalized spacial score (nSPS) is 11.3. The standard InChI is InChI=1S/C16H23N3O2/c1-5-21-16(20)6-7-19(4)10-15-17-13-8-11(2)12(3)9-14(13)18-15/h8-9H,5-7,10H2,1-4H3,(H,17,18). The van der Waals surface area contributed by atoms with E-state index in [2.05, 4.69) is 40.8 Å². The molecule has 0 radical (unpaired) electrons. The SMILES string of the molecule is CCOC(=O)CCN(C)Cc1nc2cc(C)c(C)cc2[nH]1. The maximum atomic E-state index is 11.3. The summed E-state index contributed by atoms with van der Waals surface area (Å²) in [7, 11) is 1.98. The summed E-state index contributed by atoms with van der Waals surface area (Å²) in [5.74, 6) is 0.765. The first kappa shape index (κ1) is 15.5. The van der Waals surface area contributed by atoms with Crippen molar-refractivity contribution >= 4 is 17.0 Å². The second kappa shape index (κ2) is 6.72. The van der Waals surface area contributed by atoms with Crippen LogP contribution in [0.15, 0.2) is 12.1 Å². The van der Waals surface area contributed by atoms with E-state index in [1.807, 2.05) is 14.0 Å². The van der Waals surface area contributed by atoms with Crippen LogP contribution in [-0.2, 0) is 16.1 Å². The van der Waals surface area contributed by atoms with Crippen LogP contribution in [0.4, 0.5) is 0 Å². The summed E-state index contributed by atoms with van der Waals surface area (Å²) in [6.45, 7) is 7.79. The Hall–Kier alpha value is -1.88. The van der Waals surface area contributed by atoms with Gasteiger partial charge in [0.25, 0.3) is 0 Å². The highest BCUT2D eigenvalue weighted by atomic mass is 16.5. The largest absolute Gasteiger partial charge is 0.466 e. The highest BCUT2D eigenvalue weighted by molar-refractivity contribution is 5.77. The Labute approximate surface area is 125 Å². The smallest absolute Gasteiger partial charge is 0.307 e. The van der Waals surface area contributed by atoms with Gasteiger partial charge >= 0.3 is 5.97 Å². The highest BCUT2D eigenvalue weighted by Gasteiger charge is 2.09. The van der Waals surface area contributed by atoms with Crippen molar-refractivity contribution in [2.45, 2.75) is 33.7 Å². The summed E-state index contributed by atoms with van der Waals surface area (Å²) in [6.07, 6.45) is 0.406. The number of hydrogen-bond donors (Lipinski definition) is 1. The lowest BCUT2D eigenvalue weighted by molar-refractivity contribution is -0.143. The fraction of sp³-hybridized carbons (Fsp3) is 0.500. The number of nitrogens with one attached hydrogen (secondary N) is 1. The lowest BCUT2D eigenvalue weighted by atomic mass is 10.1. The van der Waals surface area contributed by atoms with Crippen molar-refractivity contribution in [2.24, 2.45) is 0 Å². The molecule has 0 atom stereocenters. The van der Waals surface area contributed by atoms with Gasteiger partial charge in [0.2, 0.25) is 0 Å². The lowest BCUT2D eigenvalue weighted by Gasteiger charge is -2.14. The zero-order valence-corrected chi connectivity index (χ0v) is 13.2. The van der Waals surface area contributed by atoms with Gasteiger partial charge in [0.05, 0.1) is 30.6 Å². The quantitative estimate of drug-likeness (QED) is 0.830.